The van der Waals surface area contributed by atoms with Gasteiger partial charge in [-0.2, -0.15) is 0 Å². The van der Waals surface area contributed by atoms with E-state index in [1.807, 2.05) is 19.9 Å². The Morgan fingerprint density at radius 2 is 1.57 bits per heavy atom. The molecule has 2 rings (SSSR count). The molecule has 116 valence electrons. The zero-order chi connectivity index (χ0) is 15.8. The van der Waals surface area contributed by atoms with Crippen LogP contribution in [0.5, 0.6) is 0 Å². The monoisotopic (exact) mass is 290 g/mol. The molecule has 0 atom stereocenters. The lowest BCUT2D eigenvalue weighted by atomic mass is 10.0. The van der Waals surface area contributed by atoms with Crippen LogP contribution < -0.4 is 0 Å². The van der Waals surface area contributed by atoms with Crippen LogP contribution in [-0.2, 0) is 4.79 Å². The molecule has 0 saturated carbocycles. The number of likely N-dealkylation sites (tertiary alicyclic amines) is 1. The summed E-state index contributed by atoms with van der Waals surface area (Å²) in [5.41, 5.74) is 0.474. The summed E-state index contributed by atoms with van der Waals surface area (Å²) >= 11 is 0. The fraction of sp³-hybridized carbons (Fsp3) is 0.529. The third-order valence-corrected chi connectivity index (χ3v) is 3.71. The average Bonchev–Trinajstić information content (AvgIpc) is 2.56. The molecule has 0 radical (unpaired) electrons. The van der Waals surface area contributed by atoms with Crippen LogP contribution in [0, 0.1) is 0 Å². The summed E-state index contributed by atoms with van der Waals surface area (Å²) in [7, 11) is 4.11. The highest BCUT2D eigenvalue weighted by atomic mass is 16.2. The van der Waals surface area contributed by atoms with Crippen molar-refractivity contribution in [2.24, 2.45) is 0 Å². The Labute approximate surface area is 127 Å². The molecule has 1 amide bonds. The minimum absolute atomic E-state index is 0.372. The number of amides is 1. The van der Waals surface area contributed by atoms with Gasteiger partial charge in [-0.05, 0) is 26.9 Å². The van der Waals surface area contributed by atoms with Gasteiger partial charge in [0, 0.05) is 24.7 Å². The highest BCUT2D eigenvalue weighted by molar-refractivity contribution is 6.42. The fourth-order valence-electron chi connectivity index (χ4n) is 2.44. The van der Waals surface area contributed by atoms with Crippen molar-refractivity contribution in [1.29, 1.82) is 0 Å². The Hall–Kier alpha value is -1.68. The second-order valence-electron chi connectivity index (χ2n) is 5.18. The van der Waals surface area contributed by atoms with Gasteiger partial charge in [-0.25, -0.2) is 0 Å². The molecule has 4 heteroatoms. The summed E-state index contributed by atoms with van der Waals surface area (Å²) < 4.78 is 0. The largest absolute Gasteiger partial charge is 0.336 e. The van der Waals surface area contributed by atoms with Crippen LogP contribution in [0.4, 0.5) is 0 Å². The number of piperidine rings is 1. The van der Waals surface area contributed by atoms with Crippen LogP contribution in [0.15, 0.2) is 30.3 Å². The predicted molar refractivity (Wildman–Crippen MR) is 85.4 cm³/mol. The number of ketones is 1. The van der Waals surface area contributed by atoms with Crippen LogP contribution in [0.3, 0.4) is 0 Å². The minimum Gasteiger partial charge on any atom is -0.336 e. The van der Waals surface area contributed by atoms with Gasteiger partial charge >= 0.3 is 0 Å². The van der Waals surface area contributed by atoms with Crippen molar-refractivity contribution in [3.63, 3.8) is 0 Å². The van der Waals surface area contributed by atoms with Gasteiger partial charge in [0.25, 0.3) is 5.91 Å². The van der Waals surface area contributed by atoms with Crippen molar-refractivity contribution in [3.8, 4) is 0 Å². The van der Waals surface area contributed by atoms with Gasteiger partial charge in [-0.3, -0.25) is 9.59 Å². The summed E-state index contributed by atoms with van der Waals surface area (Å²) in [5, 5.41) is 0. The zero-order valence-electron chi connectivity index (χ0n) is 13.5. The quantitative estimate of drug-likeness (QED) is 0.634. The molecule has 1 heterocycles. The van der Waals surface area contributed by atoms with Crippen molar-refractivity contribution >= 4 is 11.7 Å². The number of rotatable bonds is 3. The number of carbonyl (C=O) groups is 2. The normalized spacial score (nSPS) is 15.4. The molecular weight excluding hydrogens is 264 g/mol. The lowest BCUT2D eigenvalue weighted by molar-refractivity contribution is -0.127. The number of hydrogen-bond donors (Lipinski definition) is 0. The first-order chi connectivity index (χ1) is 10.1. The smallest absolute Gasteiger partial charge is 0.294 e. The topological polar surface area (TPSA) is 40.6 Å². The number of hydrogen-bond acceptors (Lipinski definition) is 3. The molecular formula is C17H26N2O2. The zero-order valence-corrected chi connectivity index (χ0v) is 13.5. The first-order valence-corrected chi connectivity index (χ1v) is 7.64. The van der Waals surface area contributed by atoms with Crippen molar-refractivity contribution in [2.45, 2.75) is 32.7 Å². The van der Waals surface area contributed by atoms with E-state index in [0.29, 0.717) is 24.7 Å². The van der Waals surface area contributed by atoms with E-state index in [0.717, 1.165) is 12.8 Å². The van der Waals surface area contributed by atoms with E-state index in [1.165, 1.54) is 0 Å². The highest BCUT2D eigenvalue weighted by Gasteiger charge is 2.28. The molecule has 0 aliphatic carbocycles. The molecule has 0 spiro atoms. The fourth-order valence-corrected chi connectivity index (χ4v) is 2.44. The molecule has 1 saturated heterocycles. The lowest BCUT2D eigenvalue weighted by Crippen LogP contribution is -2.46. The van der Waals surface area contributed by atoms with Gasteiger partial charge in [-0.15, -0.1) is 0 Å². The Bertz CT molecular complexity index is 449. The molecule has 1 aromatic rings. The lowest BCUT2D eigenvalue weighted by Gasteiger charge is -2.34. The van der Waals surface area contributed by atoms with Crippen molar-refractivity contribution in [2.75, 3.05) is 27.2 Å². The van der Waals surface area contributed by atoms with Crippen LogP contribution in [0.25, 0.3) is 0 Å². The van der Waals surface area contributed by atoms with Crippen LogP contribution in [-0.4, -0.2) is 54.7 Å². The SMILES string of the molecule is CC.CN(C)C1CCN(C(=O)C(=O)c2ccccc2)CC1. The van der Waals surface area contributed by atoms with Crippen molar-refractivity contribution < 1.29 is 9.59 Å². The molecule has 0 N–H and O–H groups in total. The third-order valence-electron chi connectivity index (χ3n) is 3.71. The van der Waals surface area contributed by atoms with Gasteiger partial charge in [-0.1, -0.05) is 44.2 Å². The molecule has 1 aliphatic heterocycles. The van der Waals surface area contributed by atoms with Gasteiger partial charge in [0.15, 0.2) is 0 Å². The van der Waals surface area contributed by atoms with E-state index >= 15 is 0 Å². The van der Waals surface area contributed by atoms with E-state index < -0.39 is 5.78 Å². The maximum absolute atomic E-state index is 12.1. The Morgan fingerprint density at radius 3 is 2.05 bits per heavy atom. The maximum atomic E-state index is 12.1. The first kappa shape index (κ1) is 17.4. The number of Topliss-reactive ketones (excluding diaryl/α,β-unsaturated/α-hetero) is 1. The van der Waals surface area contributed by atoms with Gasteiger partial charge in [0.2, 0.25) is 5.78 Å². The summed E-state index contributed by atoms with van der Waals surface area (Å²) in [5.74, 6) is -0.771. The average molecular weight is 290 g/mol. The first-order valence-electron chi connectivity index (χ1n) is 7.64. The number of nitrogens with zero attached hydrogens (tertiary/aromatic N) is 2. The van der Waals surface area contributed by atoms with Crippen LogP contribution in [0.2, 0.25) is 0 Å². The Kier molecular flexibility index (Phi) is 7.09. The standard InChI is InChI=1S/C15H20N2O2.C2H6/c1-16(2)13-8-10-17(11-9-13)15(19)14(18)12-6-4-3-5-7-12;1-2/h3-7,13H,8-11H2,1-2H3;1-2H3. The Morgan fingerprint density at radius 1 is 1.05 bits per heavy atom. The maximum Gasteiger partial charge on any atom is 0.294 e. The van der Waals surface area contributed by atoms with Gasteiger partial charge in [0.1, 0.15) is 0 Å². The summed E-state index contributed by atoms with van der Waals surface area (Å²) in [6.07, 6.45) is 1.86. The van der Waals surface area contributed by atoms with Crippen LogP contribution >= 0.6 is 0 Å². The minimum atomic E-state index is -0.399. The van der Waals surface area contributed by atoms with E-state index in [9.17, 15) is 9.59 Å². The second kappa shape index (κ2) is 8.57. The van der Waals surface area contributed by atoms with Gasteiger partial charge in [0.05, 0.1) is 0 Å². The van der Waals surface area contributed by atoms with Crippen molar-refractivity contribution in [3.05, 3.63) is 35.9 Å². The van der Waals surface area contributed by atoms with E-state index in [-0.39, 0.29) is 5.91 Å². The van der Waals surface area contributed by atoms with E-state index in [1.54, 1.807) is 29.2 Å². The summed E-state index contributed by atoms with van der Waals surface area (Å²) in [6.45, 7) is 5.33. The van der Waals surface area contributed by atoms with E-state index in [4.69, 9.17) is 0 Å². The molecule has 0 unspecified atom stereocenters. The van der Waals surface area contributed by atoms with E-state index in [2.05, 4.69) is 19.0 Å². The highest BCUT2D eigenvalue weighted by Crippen LogP contribution is 2.15. The van der Waals surface area contributed by atoms with Gasteiger partial charge < -0.3 is 9.80 Å². The molecule has 21 heavy (non-hydrogen) atoms. The predicted octanol–water partition coefficient (Wildman–Crippen LogP) is 2.45. The molecule has 1 fully saturated rings. The molecule has 0 aromatic heterocycles. The number of carbonyl (C=O) groups excluding carboxylic acids is 2. The molecule has 1 aromatic carbocycles. The molecule has 0 bridgehead atoms. The molecule has 1 aliphatic rings. The Balaban J connectivity index is 0.00000106. The molecule has 4 nitrogen and oxygen atoms in total. The van der Waals surface area contributed by atoms with Crippen molar-refractivity contribution in [1.82, 2.24) is 9.80 Å². The van der Waals surface area contributed by atoms with Crippen LogP contribution in [0.1, 0.15) is 37.0 Å². The number of benzene rings is 1. The third kappa shape index (κ3) is 4.67. The second-order valence-corrected chi connectivity index (χ2v) is 5.18. The summed E-state index contributed by atoms with van der Waals surface area (Å²) in [6, 6.07) is 9.27. The summed E-state index contributed by atoms with van der Waals surface area (Å²) in [4.78, 5) is 28.1.